The third-order valence-corrected chi connectivity index (χ3v) is 1.86. The van der Waals surface area contributed by atoms with Gasteiger partial charge in [-0.3, -0.25) is 0 Å². The number of nitrogens with one attached hydrogen (secondary N) is 2. The molecule has 0 aliphatic carbocycles. The molecular formula is C11H13F3N2O2. The number of halogens is 3. The van der Waals surface area contributed by atoms with Gasteiger partial charge >= 0.3 is 12.4 Å². The Bertz CT molecular complexity index is 408. The van der Waals surface area contributed by atoms with Crippen molar-refractivity contribution in [2.45, 2.75) is 19.7 Å². The average Bonchev–Trinajstić information content (AvgIpc) is 2.24. The number of alkyl halides is 3. The van der Waals surface area contributed by atoms with Gasteiger partial charge in [0.05, 0.1) is 0 Å². The van der Waals surface area contributed by atoms with E-state index >= 15 is 0 Å². The molecule has 0 radical (unpaired) electrons. The number of carbonyl (C=O) groups excluding carboxylic acids is 1. The summed E-state index contributed by atoms with van der Waals surface area (Å²) in [6, 6.07) is 4.61. The maximum absolute atomic E-state index is 12.0. The number of carbonyl (C=O) groups is 1. The minimum atomic E-state index is -4.75. The highest BCUT2D eigenvalue weighted by Crippen LogP contribution is 2.24. The summed E-state index contributed by atoms with van der Waals surface area (Å²) >= 11 is 0. The molecule has 1 rings (SSSR count). The molecule has 4 nitrogen and oxygen atoms in total. The summed E-state index contributed by atoms with van der Waals surface area (Å²) in [5.41, 5.74) is 0.227. The fraction of sp³-hybridized carbons (Fsp3) is 0.364. The highest BCUT2D eigenvalue weighted by Gasteiger charge is 2.31. The van der Waals surface area contributed by atoms with E-state index in [0.717, 1.165) is 18.6 Å². The third-order valence-electron chi connectivity index (χ3n) is 1.86. The Kier molecular flexibility index (Phi) is 4.82. The average molecular weight is 262 g/mol. The number of urea groups is 1. The van der Waals surface area contributed by atoms with E-state index in [0.29, 0.717) is 6.54 Å². The number of hydrogen-bond acceptors (Lipinski definition) is 2. The van der Waals surface area contributed by atoms with Gasteiger partial charge in [-0.25, -0.2) is 4.79 Å². The van der Waals surface area contributed by atoms with Gasteiger partial charge in [-0.2, -0.15) is 0 Å². The van der Waals surface area contributed by atoms with Gasteiger partial charge in [0.25, 0.3) is 0 Å². The molecule has 7 heteroatoms. The molecule has 2 amide bonds. The molecular weight excluding hydrogens is 249 g/mol. The molecule has 2 N–H and O–H groups in total. The van der Waals surface area contributed by atoms with Crippen LogP contribution < -0.4 is 15.4 Å². The lowest BCUT2D eigenvalue weighted by atomic mass is 10.3. The van der Waals surface area contributed by atoms with E-state index in [2.05, 4.69) is 15.4 Å². The first-order valence-corrected chi connectivity index (χ1v) is 5.31. The third kappa shape index (κ3) is 5.42. The molecule has 0 spiro atoms. The number of hydrogen-bond donors (Lipinski definition) is 2. The zero-order chi connectivity index (χ0) is 13.6. The van der Waals surface area contributed by atoms with Gasteiger partial charge in [0.15, 0.2) is 0 Å². The number of rotatable bonds is 4. The van der Waals surface area contributed by atoms with Gasteiger partial charge in [0.2, 0.25) is 0 Å². The van der Waals surface area contributed by atoms with Crippen LogP contribution in [0.5, 0.6) is 5.75 Å². The molecule has 0 saturated heterocycles. The van der Waals surface area contributed by atoms with Crippen molar-refractivity contribution in [3.63, 3.8) is 0 Å². The largest absolute Gasteiger partial charge is 0.573 e. The first-order chi connectivity index (χ1) is 8.40. The van der Waals surface area contributed by atoms with Crippen molar-refractivity contribution in [3.8, 4) is 5.75 Å². The topological polar surface area (TPSA) is 50.4 Å². The van der Waals surface area contributed by atoms with E-state index < -0.39 is 12.4 Å². The second-order valence-corrected chi connectivity index (χ2v) is 3.46. The van der Waals surface area contributed by atoms with Crippen molar-refractivity contribution in [1.82, 2.24) is 5.32 Å². The molecule has 1 aromatic carbocycles. The van der Waals surface area contributed by atoms with Gasteiger partial charge in [0.1, 0.15) is 5.75 Å². The Morgan fingerprint density at radius 2 is 2.11 bits per heavy atom. The summed E-state index contributed by atoms with van der Waals surface area (Å²) in [5.74, 6) is -0.379. The molecule has 0 saturated carbocycles. The second-order valence-electron chi connectivity index (χ2n) is 3.46. The molecule has 0 atom stereocenters. The van der Waals surface area contributed by atoms with Crippen LogP contribution in [-0.4, -0.2) is 18.9 Å². The van der Waals surface area contributed by atoms with Crippen LogP contribution in [0.1, 0.15) is 13.3 Å². The van der Waals surface area contributed by atoms with Crippen molar-refractivity contribution in [3.05, 3.63) is 24.3 Å². The van der Waals surface area contributed by atoms with Crippen LogP contribution in [0.4, 0.5) is 23.7 Å². The van der Waals surface area contributed by atoms with Gasteiger partial charge in [-0.15, -0.1) is 13.2 Å². The van der Waals surface area contributed by atoms with E-state index in [1.54, 1.807) is 0 Å². The lowest BCUT2D eigenvalue weighted by Gasteiger charge is -2.11. The minimum Gasteiger partial charge on any atom is -0.406 e. The second kappa shape index (κ2) is 6.13. The quantitative estimate of drug-likeness (QED) is 0.875. The van der Waals surface area contributed by atoms with Crippen LogP contribution in [-0.2, 0) is 0 Å². The van der Waals surface area contributed by atoms with Crippen LogP contribution in [0.15, 0.2) is 24.3 Å². The van der Waals surface area contributed by atoms with Crippen LogP contribution in [0.25, 0.3) is 0 Å². The van der Waals surface area contributed by atoms with Crippen LogP contribution in [0, 0.1) is 0 Å². The van der Waals surface area contributed by atoms with Crippen LogP contribution >= 0.6 is 0 Å². The first kappa shape index (κ1) is 14.1. The lowest BCUT2D eigenvalue weighted by Crippen LogP contribution is -2.29. The zero-order valence-corrected chi connectivity index (χ0v) is 9.67. The summed E-state index contributed by atoms with van der Waals surface area (Å²) < 4.78 is 39.7. The predicted octanol–water partition coefficient (Wildman–Crippen LogP) is 3.12. The van der Waals surface area contributed by atoms with Gasteiger partial charge in [-0.1, -0.05) is 13.0 Å². The standard InChI is InChI=1S/C11H13F3N2O2/c1-2-6-15-10(17)16-8-4-3-5-9(7-8)18-11(12,13)14/h3-5,7H,2,6H2,1H3,(H2,15,16,17). The Labute approximate surface area is 102 Å². The minimum absolute atomic E-state index is 0.227. The number of amides is 2. The molecule has 18 heavy (non-hydrogen) atoms. The number of anilines is 1. The fourth-order valence-corrected chi connectivity index (χ4v) is 1.18. The molecule has 100 valence electrons. The maximum atomic E-state index is 12.0. The summed E-state index contributed by atoms with van der Waals surface area (Å²) in [4.78, 5) is 11.3. The summed E-state index contributed by atoms with van der Waals surface area (Å²) in [5, 5.41) is 4.94. The van der Waals surface area contributed by atoms with Crippen LogP contribution in [0.2, 0.25) is 0 Å². The number of benzene rings is 1. The van der Waals surface area contributed by atoms with Gasteiger partial charge in [0, 0.05) is 18.3 Å². The van der Waals surface area contributed by atoms with Crippen molar-refractivity contribution in [2.24, 2.45) is 0 Å². The van der Waals surface area contributed by atoms with Crippen molar-refractivity contribution in [1.29, 1.82) is 0 Å². The first-order valence-electron chi connectivity index (χ1n) is 5.31. The fourth-order valence-electron chi connectivity index (χ4n) is 1.18. The Balaban J connectivity index is 2.62. The summed E-state index contributed by atoms with van der Waals surface area (Å²) in [6.07, 6.45) is -3.98. The smallest absolute Gasteiger partial charge is 0.406 e. The van der Waals surface area contributed by atoms with Crippen molar-refractivity contribution >= 4 is 11.7 Å². The summed E-state index contributed by atoms with van der Waals surface area (Å²) in [6.45, 7) is 2.38. The molecule has 0 fully saturated rings. The summed E-state index contributed by atoms with van der Waals surface area (Å²) in [7, 11) is 0. The number of ether oxygens (including phenoxy) is 1. The molecule has 0 bridgehead atoms. The van der Waals surface area contributed by atoms with E-state index in [-0.39, 0.29) is 11.4 Å². The highest BCUT2D eigenvalue weighted by molar-refractivity contribution is 5.89. The molecule has 0 unspecified atom stereocenters. The van der Waals surface area contributed by atoms with Crippen LogP contribution in [0.3, 0.4) is 0 Å². The predicted molar refractivity (Wildman–Crippen MR) is 60.4 cm³/mol. The molecule has 0 aliphatic heterocycles. The maximum Gasteiger partial charge on any atom is 0.573 e. The zero-order valence-electron chi connectivity index (χ0n) is 9.67. The van der Waals surface area contributed by atoms with E-state index in [1.807, 2.05) is 6.92 Å². The molecule has 0 aliphatic rings. The molecule has 0 heterocycles. The van der Waals surface area contributed by atoms with E-state index in [4.69, 9.17) is 0 Å². The van der Waals surface area contributed by atoms with E-state index in [1.165, 1.54) is 12.1 Å². The normalized spacial score (nSPS) is 10.9. The SMILES string of the molecule is CCCNC(=O)Nc1cccc(OC(F)(F)F)c1. The van der Waals surface area contributed by atoms with Gasteiger partial charge < -0.3 is 15.4 Å². The lowest BCUT2D eigenvalue weighted by molar-refractivity contribution is -0.274. The Morgan fingerprint density at radius 3 is 2.72 bits per heavy atom. The monoisotopic (exact) mass is 262 g/mol. The molecule has 1 aromatic rings. The highest BCUT2D eigenvalue weighted by atomic mass is 19.4. The van der Waals surface area contributed by atoms with Crippen molar-refractivity contribution < 1.29 is 22.7 Å². The molecule has 0 aromatic heterocycles. The Morgan fingerprint density at radius 1 is 1.39 bits per heavy atom. The van der Waals surface area contributed by atoms with Crippen molar-refractivity contribution in [2.75, 3.05) is 11.9 Å². The van der Waals surface area contributed by atoms with E-state index in [9.17, 15) is 18.0 Å². The Hall–Kier alpha value is -1.92. The van der Waals surface area contributed by atoms with Gasteiger partial charge in [-0.05, 0) is 18.6 Å².